The SMILES string of the molecule is O=[N+]([O-])c1ccc(NCC2(C3CC3)CC2)c2ccncc12. The van der Waals surface area contributed by atoms with Crippen LogP contribution in [0, 0.1) is 21.4 Å². The minimum atomic E-state index is -0.347. The smallest absolute Gasteiger partial charge is 0.278 e. The second kappa shape index (κ2) is 4.41. The first-order chi connectivity index (χ1) is 10.2. The molecule has 5 heteroatoms. The molecule has 21 heavy (non-hydrogen) atoms. The molecule has 2 aliphatic carbocycles. The lowest BCUT2D eigenvalue weighted by Crippen LogP contribution is -2.17. The molecule has 5 nitrogen and oxygen atoms in total. The van der Waals surface area contributed by atoms with E-state index in [9.17, 15) is 10.1 Å². The Balaban J connectivity index is 1.66. The van der Waals surface area contributed by atoms with Crippen molar-refractivity contribution in [2.24, 2.45) is 11.3 Å². The summed E-state index contributed by atoms with van der Waals surface area (Å²) in [5, 5.41) is 16.1. The van der Waals surface area contributed by atoms with Crippen molar-refractivity contribution >= 4 is 22.1 Å². The Morgan fingerprint density at radius 3 is 2.76 bits per heavy atom. The lowest BCUT2D eigenvalue weighted by atomic mass is 10.0. The Labute approximate surface area is 122 Å². The summed E-state index contributed by atoms with van der Waals surface area (Å²) in [6, 6.07) is 5.24. The topological polar surface area (TPSA) is 68.1 Å². The monoisotopic (exact) mass is 283 g/mol. The van der Waals surface area contributed by atoms with Gasteiger partial charge in [0, 0.05) is 36.1 Å². The summed E-state index contributed by atoms with van der Waals surface area (Å²) >= 11 is 0. The molecular formula is C16H17N3O2. The molecule has 0 spiro atoms. The first kappa shape index (κ1) is 12.6. The van der Waals surface area contributed by atoms with Crippen LogP contribution in [-0.2, 0) is 0 Å². The predicted octanol–water partition coefficient (Wildman–Crippen LogP) is 3.75. The van der Waals surface area contributed by atoms with E-state index in [4.69, 9.17) is 0 Å². The Morgan fingerprint density at radius 2 is 2.10 bits per heavy atom. The number of benzene rings is 1. The van der Waals surface area contributed by atoms with Crippen molar-refractivity contribution < 1.29 is 4.92 Å². The third-order valence-corrected chi connectivity index (χ3v) is 4.96. The van der Waals surface area contributed by atoms with Crippen LogP contribution in [0.1, 0.15) is 25.7 Å². The third kappa shape index (κ3) is 2.13. The van der Waals surface area contributed by atoms with Crippen LogP contribution >= 0.6 is 0 Å². The predicted molar refractivity (Wildman–Crippen MR) is 81.3 cm³/mol. The molecule has 0 unspecified atom stereocenters. The fourth-order valence-corrected chi connectivity index (χ4v) is 3.35. The summed E-state index contributed by atoms with van der Waals surface area (Å²) in [4.78, 5) is 14.8. The molecule has 1 aromatic carbocycles. The maximum Gasteiger partial charge on any atom is 0.278 e. The Hall–Kier alpha value is -2.17. The highest BCUT2D eigenvalue weighted by Gasteiger charge is 2.53. The van der Waals surface area contributed by atoms with Crippen molar-refractivity contribution in [3.05, 3.63) is 40.7 Å². The number of non-ortho nitro benzene ring substituents is 1. The molecule has 1 aromatic heterocycles. The molecule has 4 rings (SSSR count). The van der Waals surface area contributed by atoms with Crippen LogP contribution in [0.2, 0.25) is 0 Å². The van der Waals surface area contributed by atoms with Crippen LogP contribution < -0.4 is 5.32 Å². The zero-order chi connectivity index (χ0) is 14.4. The van der Waals surface area contributed by atoms with E-state index >= 15 is 0 Å². The zero-order valence-corrected chi connectivity index (χ0v) is 11.7. The molecule has 2 saturated carbocycles. The van der Waals surface area contributed by atoms with Crippen LogP contribution in [0.25, 0.3) is 10.8 Å². The van der Waals surface area contributed by atoms with Crippen LogP contribution in [0.3, 0.4) is 0 Å². The van der Waals surface area contributed by atoms with Gasteiger partial charge < -0.3 is 5.32 Å². The van der Waals surface area contributed by atoms with E-state index in [0.717, 1.165) is 23.5 Å². The summed E-state index contributed by atoms with van der Waals surface area (Å²) in [5.41, 5.74) is 1.60. The van der Waals surface area contributed by atoms with Gasteiger partial charge in [0.2, 0.25) is 0 Å². The molecule has 2 fully saturated rings. The van der Waals surface area contributed by atoms with Gasteiger partial charge in [-0.15, -0.1) is 0 Å². The number of hydrogen-bond donors (Lipinski definition) is 1. The van der Waals surface area contributed by atoms with Crippen LogP contribution in [0.4, 0.5) is 11.4 Å². The number of aromatic nitrogens is 1. The second-order valence-corrected chi connectivity index (χ2v) is 6.30. The lowest BCUT2D eigenvalue weighted by Gasteiger charge is -2.17. The van der Waals surface area contributed by atoms with Gasteiger partial charge in [-0.3, -0.25) is 15.1 Å². The van der Waals surface area contributed by atoms with E-state index in [2.05, 4.69) is 10.3 Å². The number of nitrogens with zero attached hydrogens (tertiary/aromatic N) is 2. The van der Waals surface area contributed by atoms with Crippen LogP contribution in [-0.4, -0.2) is 16.5 Å². The average molecular weight is 283 g/mol. The number of hydrogen-bond acceptors (Lipinski definition) is 4. The molecule has 1 N–H and O–H groups in total. The molecule has 2 aliphatic rings. The van der Waals surface area contributed by atoms with Gasteiger partial charge in [0.05, 0.1) is 10.3 Å². The molecule has 0 amide bonds. The first-order valence-electron chi connectivity index (χ1n) is 7.45. The molecule has 0 atom stereocenters. The number of rotatable bonds is 5. The van der Waals surface area contributed by atoms with Gasteiger partial charge in [-0.05, 0) is 49.1 Å². The molecule has 0 saturated heterocycles. The van der Waals surface area contributed by atoms with Crippen molar-refractivity contribution in [2.75, 3.05) is 11.9 Å². The van der Waals surface area contributed by atoms with E-state index in [-0.39, 0.29) is 10.6 Å². The van der Waals surface area contributed by atoms with Crippen molar-refractivity contribution in [3.63, 3.8) is 0 Å². The largest absolute Gasteiger partial charge is 0.384 e. The van der Waals surface area contributed by atoms with Gasteiger partial charge >= 0.3 is 0 Å². The number of anilines is 1. The number of nitro benzene ring substituents is 1. The highest BCUT2D eigenvalue weighted by atomic mass is 16.6. The van der Waals surface area contributed by atoms with E-state index < -0.39 is 0 Å². The molecule has 108 valence electrons. The fraction of sp³-hybridized carbons (Fsp3) is 0.438. The molecule has 1 heterocycles. The van der Waals surface area contributed by atoms with E-state index in [1.165, 1.54) is 25.7 Å². The van der Waals surface area contributed by atoms with Gasteiger partial charge in [-0.2, -0.15) is 0 Å². The highest BCUT2D eigenvalue weighted by Crippen LogP contribution is 2.61. The molecule has 0 bridgehead atoms. The third-order valence-electron chi connectivity index (χ3n) is 4.96. The summed E-state index contributed by atoms with van der Waals surface area (Å²) in [6.07, 6.45) is 8.63. The number of nitrogens with one attached hydrogen (secondary N) is 1. The van der Waals surface area contributed by atoms with Crippen LogP contribution in [0.15, 0.2) is 30.6 Å². The van der Waals surface area contributed by atoms with Crippen LogP contribution in [0.5, 0.6) is 0 Å². The molecule has 0 radical (unpaired) electrons. The van der Waals surface area contributed by atoms with E-state index in [1.54, 1.807) is 18.5 Å². The quantitative estimate of drug-likeness (QED) is 0.670. The van der Waals surface area contributed by atoms with Gasteiger partial charge in [0.25, 0.3) is 5.69 Å². The minimum Gasteiger partial charge on any atom is -0.384 e. The summed E-state index contributed by atoms with van der Waals surface area (Å²) in [5.74, 6) is 0.899. The summed E-state index contributed by atoms with van der Waals surface area (Å²) in [6.45, 7) is 0.979. The van der Waals surface area contributed by atoms with Crippen molar-refractivity contribution in [2.45, 2.75) is 25.7 Å². The number of fused-ring (bicyclic) bond motifs is 1. The van der Waals surface area contributed by atoms with Crippen molar-refractivity contribution in [1.82, 2.24) is 4.98 Å². The Bertz CT molecular complexity index is 721. The van der Waals surface area contributed by atoms with Crippen molar-refractivity contribution in [3.8, 4) is 0 Å². The van der Waals surface area contributed by atoms with E-state index in [1.807, 2.05) is 12.1 Å². The summed E-state index contributed by atoms with van der Waals surface area (Å²) < 4.78 is 0. The average Bonchev–Trinajstić information content (AvgIpc) is 3.37. The van der Waals surface area contributed by atoms with Crippen molar-refractivity contribution in [1.29, 1.82) is 0 Å². The molecule has 2 aromatic rings. The Kier molecular flexibility index (Phi) is 2.64. The molecular weight excluding hydrogens is 266 g/mol. The standard InChI is InChI=1S/C16H17N3O2/c20-19(21)15-4-3-14(12-5-8-17-9-13(12)15)18-10-16(6-7-16)11-1-2-11/h3-5,8-9,11,18H,1-2,6-7,10H2. The Morgan fingerprint density at radius 1 is 1.29 bits per heavy atom. The first-order valence-corrected chi connectivity index (χ1v) is 7.45. The number of nitro groups is 1. The minimum absolute atomic E-state index is 0.118. The number of pyridine rings is 1. The summed E-state index contributed by atoms with van der Waals surface area (Å²) in [7, 11) is 0. The zero-order valence-electron chi connectivity index (χ0n) is 11.7. The fourth-order valence-electron chi connectivity index (χ4n) is 3.35. The van der Waals surface area contributed by atoms with E-state index in [0.29, 0.717) is 10.8 Å². The highest BCUT2D eigenvalue weighted by molar-refractivity contribution is 5.99. The maximum absolute atomic E-state index is 11.1. The van der Waals surface area contributed by atoms with Gasteiger partial charge in [-0.25, -0.2) is 0 Å². The lowest BCUT2D eigenvalue weighted by molar-refractivity contribution is -0.383. The van der Waals surface area contributed by atoms with Gasteiger partial charge in [0.1, 0.15) is 0 Å². The molecule has 0 aliphatic heterocycles. The second-order valence-electron chi connectivity index (χ2n) is 6.30. The normalized spacial score (nSPS) is 19.4. The maximum atomic E-state index is 11.1. The van der Waals surface area contributed by atoms with Gasteiger partial charge in [0.15, 0.2) is 0 Å². The van der Waals surface area contributed by atoms with Gasteiger partial charge in [-0.1, -0.05) is 0 Å².